The largest absolute Gasteiger partial charge is 0.494 e. The maximum Gasteiger partial charge on any atom is 0.167 e. The van der Waals surface area contributed by atoms with Crippen LogP contribution >= 0.6 is 11.6 Å². The highest BCUT2D eigenvalue weighted by atomic mass is 35.5. The van der Waals surface area contributed by atoms with E-state index in [4.69, 9.17) is 20.9 Å². The van der Waals surface area contributed by atoms with Gasteiger partial charge in [-0.2, -0.15) is 0 Å². The Morgan fingerprint density at radius 3 is 2.81 bits per heavy atom. The van der Waals surface area contributed by atoms with Crippen LogP contribution in [0.15, 0.2) is 28.8 Å². The minimum absolute atomic E-state index is 0.195. The summed E-state index contributed by atoms with van der Waals surface area (Å²) in [5.74, 6) is 0.504. The number of benzene rings is 1. The minimum atomic E-state index is -0.441. The normalized spacial score (nSPS) is 10.4. The molecule has 0 N–H and O–H groups in total. The number of aromatic nitrogens is 1. The van der Waals surface area contributed by atoms with Crippen molar-refractivity contribution in [3.8, 4) is 17.1 Å². The molecule has 0 aliphatic rings. The molecule has 1 heterocycles. The van der Waals surface area contributed by atoms with Crippen LogP contribution in [0.3, 0.4) is 0 Å². The zero-order chi connectivity index (χ0) is 11.5. The second-order valence-corrected chi connectivity index (χ2v) is 3.43. The van der Waals surface area contributed by atoms with Crippen LogP contribution in [0, 0.1) is 5.82 Å². The first-order valence-corrected chi connectivity index (χ1v) is 5.13. The third kappa shape index (κ3) is 2.02. The van der Waals surface area contributed by atoms with Gasteiger partial charge < -0.3 is 9.26 Å². The molecule has 0 amide bonds. The number of rotatable bonds is 3. The number of nitrogens with zero attached hydrogens (tertiary/aromatic N) is 1. The second-order valence-electron chi connectivity index (χ2n) is 3.17. The van der Waals surface area contributed by atoms with Crippen molar-refractivity contribution in [2.24, 2.45) is 0 Å². The molecule has 16 heavy (non-hydrogen) atoms. The second kappa shape index (κ2) is 4.53. The Hall–Kier alpha value is -1.55. The lowest BCUT2D eigenvalue weighted by Crippen LogP contribution is -1.87. The SMILES string of the molecule is COc1ccc(-c2cc(CCl)no2)cc1F. The fourth-order valence-corrected chi connectivity index (χ4v) is 1.46. The first-order valence-electron chi connectivity index (χ1n) is 4.60. The molecule has 0 spiro atoms. The van der Waals surface area contributed by atoms with E-state index in [1.54, 1.807) is 12.1 Å². The van der Waals surface area contributed by atoms with Crippen molar-refractivity contribution in [3.63, 3.8) is 0 Å². The van der Waals surface area contributed by atoms with Gasteiger partial charge in [-0.1, -0.05) is 5.16 Å². The van der Waals surface area contributed by atoms with Gasteiger partial charge in [0.15, 0.2) is 17.3 Å². The van der Waals surface area contributed by atoms with E-state index < -0.39 is 5.82 Å². The Bertz CT molecular complexity index is 498. The molecular formula is C11H9ClFNO2. The topological polar surface area (TPSA) is 35.3 Å². The van der Waals surface area contributed by atoms with Crippen molar-refractivity contribution < 1.29 is 13.7 Å². The summed E-state index contributed by atoms with van der Waals surface area (Å²) in [5.41, 5.74) is 1.22. The van der Waals surface area contributed by atoms with Crippen LogP contribution in [0.4, 0.5) is 4.39 Å². The van der Waals surface area contributed by atoms with E-state index in [0.29, 0.717) is 17.0 Å². The number of ether oxygens (including phenoxy) is 1. The highest BCUT2D eigenvalue weighted by molar-refractivity contribution is 6.16. The molecule has 0 radical (unpaired) electrons. The lowest BCUT2D eigenvalue weighted by Gasteiger charge is -2.02. The predicted octanol–water partition coefficient (Wildman–Crippen LogP) is 3.23. The maximum absolute atomic E-state index is 13.4. The van der Waals surface area contributed by atoms with Crippen molar-refractivity contribution in [1.82, 2.24) is 5.16 Å². The smallest absolute Gasteiger partial charge is 0.167 e. The van der Waals surface area contributed by atoms with Gasteiger partial charge in [-0.05, 0) is 18.2 Å². The van der Waals surface area contributed by atoms with Crippen LogP contribution in [-0.4, -0.2) is 12.3 Å². The Morgan fingerprint density at radius 2 is 2.25 bits per heavy atom. The first kappa shape index (κ1) is 11.0. The first-order chi connectivity index (χ1) is 7.74. The lowest BCUT2D eigenvalue weighted by atomic mass is 10.1. The van der Waals surface area contributed by atoms with Gasteiger partial charge >= 0.3 is 0 Å². The van der Waals surface area contributed by atoms with Crippen molar-refractivity contribution in [3.05, 3.63) is 35.8 Å². The average molecular weight is 242 g/mol. The van der Waals surface area contributed by atoms with E-state index in [2.05, 4.69) is 5.16 Å². The van der Waals surface area contributed by atoms with Crippen LogP contribution in [-0.2, 0) is 5.88 Å². The number of hydrogen-bond donors (Lipinski definition) is 0. The molecule has 1 aromatic heterocycles. The molecule has 0 bridgehead atoms. The van der Waals surface area contributed by atoms with Gasteiger partial charge in [0.2, 0.25) is 0 Å². The zero-order valence-electron chi connectivity index (χ0n) is 8.54. The highest BCUT2D eigenvalue weighted by Gasteiger charge is 2.09. The summed E-state index contributed by atoms with van der Waals surface area (Å²) in [4.78, 5) is 0. The summed E-state index contributed by atoms with van der Waals surface area (Å²) in [6, 6.07) is 6.24. The fourth-order valence-electron chi connectivity index (χ4n) is 1.33. The van der Waals surface area contributed by atoms with Crippen LogP contribution in [0.25, 0.3) is 11.3 Å². The van der Waals surface area contributed by atoms with Crippen LogP contribution < -0.4 is 4.74 Å². The summed E-state index contributed by atoms with van der Waals surface area (Å²) < 4.78 is 23.3. The summed E-state index contributed by atoms with van der Waals surface area (Å²) in [6.07, 6.45) is 0. The van der Waals surface area contributed by atoms with E-state index in [9.17, 15) is 4.39 Å². The third-order valence-corrected chi connectivity index (χ3v) is 2.41. The third-order valence-electron chi connectivity index (χ3n) is 2.13. The molecule has 0 aliphatic heterocycles. The Labute approximate surface area is 96.8 Å². The van der Waals surface area contributed by atoms with E-state index >= 15 is 0 Å². The quantitative estimate of drug-likeness (QED) is 0.774. The van der Waals surface area contributed by atoms with E-state index in [-0.39, 0.29) is 11.6 Å². The Kier molecular flexibility index (Phi) is 3.10. The van der Waals surface area contributed by atoms with Gasteiger partial charge in [-0.25, -0.2) is 4.39 Å². The summed E-state index contributed by atoms with van der Waals surface area (Å²) in [7, 11) is 1.41. The van der Waals surface area contributed by atoms with Crippen LogP contribution in [0.2, 0.25) is 0 Å². The maximum atomic E-state index is 13.4. The van der Waals surface area contributed by atoms with Crippen LogP contribution in [0.5, 0.6) is 5.75 Å². The number of hydrogen-bond acceptors (Lipinski definition) is 3. The molecule has 0 unspecified atom stereocenters. The summed E-state index contributed by atoms with van der Waals surface area (Å²) in [5, 5.41) is 3.72. The molecule has 5 heteroatoms. The molecule has 2 rings (SSSR count). The lowest BCUT2D eigenvalue weighted by molar-refractivity contribution is 0.386. The number of halogens is 2. The van der Waals surface area contributed by atoms with Gasteiger partial charge in [0.05, 0.1) is 18.7 Å². The monoisotopic (exact) mass is 241 g/mol. The molecule has 0 aliphatic carbocycles. The Morgan fingerprint density at radius 1 is 1.44 bits per heavy atom. The number of methoxy groups -OCH3 is 1. The molecule has 0 saturated heterocycles. The summed E-state index contributed by atoms with van der Waals surface area (Å²) in [6.45, 7) is 0. The average Bonchev–Trinajstić information content (AvgIpc) is 2.77. The highest BCUT2D eigenvalue weighted by Crippen LogP contribution is 2.26. The van der Waals surface area contributed by atoms with Gasteiger partial charge in [0.1, 0.15) is 0 Å². The van der Waals surface area contributed by atoms with Crippen molar-refractivity contribution >= 4 is 11.6 Å². The molecule has 84 valence electrons. The zero-order valence-corrected chi connectivity index (χ0v) is 9.29. The van der Waals surface area contributed by atoms with Gasteiger partial charge in [-0.15, -0.1) is 11.6 Å². The van der Waals surface area contributed by atoms with E-state index in [1.807, 2.05) is 0 Å². The van der Waals surface area contributed by atoms with Crippen molar-refractivity contribution in [2.75, 3.05) is 7.11 Å². The van der Waals surface area contributed by atoms with Gasteiger partial charge in [-0.3, -0.25) is 0 Å². The van der Waals surface area contributed by atoms with Gasteiger partial charge in [0, 0.05) is 11.6 Å². The molecule has 2 aromatic rings. The van der Waals surface area contributed by atoms with Gasteiger partial charge in [0.25, 0.3) is 0 Å². The predicted molar refractivity (Wildman–Crippen MR) is 58.0 cm³/mol. The standard InChI is InChI=1S/C11H9ClFNO2/c1-15-10-3-2-7(4-9(10)13)11-5-8(6-12)14-16-11/h2-5H,6H2,1H3. The van der Waals surface area contributed by atoms with E-state index in [0.717, 1.165) is 0 Å². The molecule has 0 atom stereocenters. The van der Waals surface area contributed by atoms with E-state index in [1.165, 1.54) is 19.2 Å². The van der Waals surface area contributed by atoms with Crippen LogP contribution in [0.1, 0.15) is 5.69 Å². The van der Waals surface area contributed by atoms with Crippen molar-refractivity contribution in [2.45, 2.75) is 5.88 Å². The summed E-state index contributed by atoms with van der Waals surface area (Å²) >= 11 is 5.59. The minimum Gasteiger partial charge on any atom is -0.494 e. The molecule has 1 aromatic carbocycles. The molecule has 0 fully saturated rings. The Balaban J connectivity index is 2.37. The fraction of sp³-hybridized carbons (Fsp3) is 0.182. The van der Waals surface area contributed by atoms with Crippen molar-refractivity contribution in [1.29, 1.82) is 0 Å². The number of alkyl halides is 1. The molecule has 3 nitrogen and oxygen atoms in total. The molecule has 0 saturated carbocycles. The molecular weight excluding hydrogens is 233 g/mol.